The van der Waals surface area contributed by atoms with Crippen molar-refractivity contribution in [3.05, 3.63) is 0 Å². The fraction of sp³-hybridized carbons (Fsp3) is 0.971. The van der Waals surface area contributed by atoms with Crippen molar-refractivity contribution in [1.82, 2.24) is 0 Å². The van der Waals surface area contributed by atoms with Crippen LogP contribution in [-0.4, -0.2) is 78.0 Å². The number of hydrogen-bond donors (Lipinski definition) is 0. The van der Waals surface area contributed by atoms with E-state index < -0.39 is 16.6 Å². The zero-order valence-corrected chi connectivity index (χ0v) is 29.3. The van der Waals surface area contributed by atoms with Gasteiger partial charge in [-0.3, -0.25) is 4.79 Å². The van der Waals surface area contributed by atoms with Crippen LogP contribution in [0.4, 0.5) is 0 Å². The molecular weight excluding hydrogens is 577 g/mol. The Balaban J connectivity index is 0.000000147. The lowest BCUT2D eigenvalue weighted by Crippen LogP contribution is -2.44. The lowest BCUT2D eigenvalue weighted by atomic mass is 9.88. The van der Waals surface area contributed by atoms with Crippen molar-refractivity contribution in [2.45, 2.75) is 177 Å². The molecule has 0 aromatic carbocycles. The second kappa shape index (κ2) is 12.7. The molecule has 12 unspecified atom stereocenters. The van der Waals surface area contributed by atoms with E-state index in [1.54, 1.807) is 0 Å². The van der Waals surface area contributed by atoms with Crippen LogP contribution >= 0.6 is 0 Å². The van der Waals surface area contributed by atoms with Crippen molar-refractivity contribution in [3.63, 3.8) is 0 Å². The van der Waals surface area contributed by atoms with Crippen LogP contribution in [0.5, 0.6) is 0 Å². The average Bonchev–Trinajstić information content (AvgIpc) is 3.82. The lowest BCUT2D eigenvalue weighted by Gasteiger charge is -2.36. The summed E-state index contributed by atoms with van der Waals surface area (Å²) in [6, 6.07) is 2.68. The van der Waals surface area contributed by atoms with E-state index in [0.717, 1.165) is 50.4 Å². The van der Waals surface area contributed by atoms with Gasteiger partial charge in [0.25, 0.3) is 0 Å². The van der Waals surface area contributed by atoms with Crippen LogP contribution in [0.2, 0.25) is 38.3 Å². The Kier molecular flexibility index (Phi) is 9.26. The molecule has 8 fully saturated rings. The van der Waals surface area contributed by atoms with Crippen molar-refractivity contribution in [1.29, 1.82) is 0 Å². The van der Waals surface area contributed by atoms with Crippen molar-refractivity contribution < 1.29 is 32.6 Å². The number of fused-ring (bicyclic) bond motifs is 4. The highest BCUT2D eigenvalue weighted by Crippen LogP contribution is 2.44. The molecule has 0 aromatic rings. The monoisotopic (exact) mass is 634 g/mol. The second-order valence-electron chi connectivity index (χ2n) is 16.7. The number of hydrogen-bond acceptors (Lipinski definition) is 7. The molecule has 0 amide bonds. The maximum Gasteiger partial charge on any atom is 0.309 e. The van der Waals surface area contributed by atoms with Crippen molar-refractivity contribution in [2.75, 3.05) is 6.61 Å². The maximum atomic E-state index is 12.0. The summed E-state index contributed by atoms with van der Waals surface area (Å²) in [6.45, 7) is 10.4. The number of carbonyl (C=O) groups excluding carboxylic acids is 1. The van der Waals surface area contributed by atoms with Crippen LogP contribution in [0.15, 0.2) is 0 Å². The molecular formula is C34H58O7Si2. The van der Waals surface area contributed by atoms with E-state index in [-0.39, 0.29) is 11.9 Å². The van der Waals surface area contributed by atoms with Gasteiger partial charge in [0.2, 0.25) is 0 Å². The molecule has 0 bridgehead atoms. The van der Waals surface area contributed by atoms with Gasteiger partial charge in [0.05, 0.1) is 61.4 Å². The fourth-order valence-corrected chi connectivity index (χ4v) is 18.0. The third-order valence-corrected chi connectivity index (χ3v) is 19.4. The molecule has 4 saturated carbocycles. The van der Waals surface area contributed by atoms with Gasteiger partial charge < -0.3 is 27.8 Å². The summed E-state index contributed by atoms with van der Waals surface area (Å²) in [5.41, 5.74) is 0. The first-order valence-corrected chi connectivity index (χ1v) is 24.3. The minimum Gasteiger partial charge on any atom is -0.465 e. The quantitative estimate of drug-likeness (QED) is 0.138. The molecule has 8 rings (SSSR count). The summed E-state index contributed by atoms with van der Waals surface area (Å²) < 4.78 is 34.7. The molecule has 4 aliphatic carbocycles. The van der Waals surface area contributed by atoms with Gasteiger partial charge in [0, 0.05) is 0 Å². The van der Waals surface area contributed by atoms with Gasteiger partial charge in [-0.15, -0.1) is 0 Å². The van der Waals surface area contributed by atoms with E-state index >= 15 is 0 Å². The highest BCUT2D eigenvalue weighted by molar-refractivity contribution is 6.84. The lowest BCUT2D eigenvalue weighted by molar-refractivity contribution is -0.151. The van der Waals surface area contributed by atoms with Crippen LogP contribution in [0.3, 0.4) is 0 Å². The number of epoxide rings is 4. The summed E-state index contributed by atoms with van der Waals surface area (Å²) >= 11 is 0. The topological polar surface area (TPSA) is 85.7 Å². The predicted molar refractivity (Wildman–Crippen MR) is 170 cm³/mol. The van der Waals surface area contributed by atoms with Gasteiger partial charge >= 0.3 is 5.97 Å². The average molecular weight is 635 g/mol. The Morgan fingerprint density at radius 2 is 0.977 bits per heavy atom. The molecule has 0 spiro atoms. The Morgan fingerprint density at radius 1 is 0.558 bits per heavy atom. The Hall–Kier alpha value is -0.296. The van der Waals surface area contributed by atoms with Crippen molar-refractivity contribution in [2.24, 2.45) is 23.7 Å². The highest BCUT2D eigenvalue weighted by Gasteiger charge is 2.48. The van der Waals surface area contributed by atoms with Crippen LogP contribution in [0, 0.1) is 23.7 Å². The molecule has 12 atom stereocenters. The molecule has 4 heterocycles. The van der Waals surface area contributed by atoms with Gasteiger partial charge in [-0.1, -0.05) is 12.8 Å². The minimum atomic E-state index is -1.53. The van der Waals surface area contributed by atoms with E-state index in [9.17, 15) is 4.79 Å². The summed E-state index contributed by atoms with van der Waals surface area (Å²) in [7, 11) is -3.05. The molecule has 4 aliphatic heterocycles. The summed E-state index contributed by atoms with van der Waals surface area (Å²) in [4.78, 5) is 12.0. The molecule has 0 radical (unpaired) electrons. The Bertz CT molecular complexity index is 950. The smallest absolute Gasteiger partial charge is 0.309 e. The van der Waals surface area contributed by atoms with Crippen LogP contribution in [0.1, 0.15) is 89.9 Å². The zero-order valence-electron chi connectivity index (χ0n) is 27.3. The predicted octanol–water partition coefficient (Wildman–Crippen LogP) is 6.99. The normalized spacial score (nSPS) is 43.9. The second-order valence-corrected chi connectivity index (χ2v) is 25.6. The van der Waals surface area contributed by atoms with Gasteiger partial charge in [0.1, 0.15) is 0 Å². The van der Waals surface area contributed by atoms with Crippen LogP contribution in [0.25, 0.3) is 0 Å². The summed E-state index contributed by atoms with van der Waals surface area (Å²) in [6.07, 6.45) is 21.3. The first-order valence-electron chi connectivity index (χ1n) is 18.1. The third-order valence-electron chi connectivity index (χ3n) is 12.0. The molecule has 4 saturated heterocycles. The van der Waals surface area contributed by atoms with E-state index in [4.69, 9.17) is 27.8 Å². The van der Waals surface area contributed by atoms with E-state index in [1.165, 1.54) is 63.5 Å². The highest BCUT2D eigenvalue weighted by atomic mass is 28.4. The summed E-state index contributed by atoms with van der Waals surface area (Å²) in [5.74, 6) is 2.41. The minimum absolute atomic E-state index is 0.00258. The van der Waals surface area contributed by atoms with Gasteiger partial charge in [-0.2, -0.15) is 0 Å². The zero-order chi connectivity index (χ0) is 29.8. The molecule has 0 N–H and O–H groups in total. The first-order chi connectivity index (χ1) is 20.6. The third kappa shape index (κ3) is 8.75. The van der Waals surface area contributed by atoms with Gasteiger partial charge in [-0.05, 0) is 133 Å². The van der Waals surface area contributed by atoms with Gasteiger partial charge in [0.15, 0.2) is 16.6 Å². The van der Waals surface area contributed by atoms with Crippen molar-refractivity contribution >= 4 is 22.6 Å². The van der Waals surface area contributed by atoms with Crippen LogP contribution < -0.4 is 0 Å². The van der Waals surface area contributed by atoms with Crippen LogP contribution in [-0.2, 0) is 32.6 Å². The largest absolute Gasteiger partial charge is 0.465 e. The van der Waals surface area contributed by atoms with E-state index in [1.807, 2.05) is 0 Å². The number of esters is 1. The number of carbonyl (C=O) groups is 1. The summed E-state index contributed by atoms with van der Waals surface area (Å²) in [5, 5.41) is 0. The van der Waals surface area contributed by atoms with Crippen molar-refractivity contribution in [3.8, 4) is 0 Å². The number of ether oxygens (including phenoxy) is 5. The standard InChI is InChI=1S/C20H38O3Si2.C14H20O4/c1-24(2,11-9-15-5-7-17-19(13-15)21-17)23-25(3,4)12-10-16-6-8-18-20(14-16)22-18;15-14(9-2-4-11-13(6-9)18-11)16-7-8-1-3-10-12(5-8)17-10/h15-20H,5-14H2,1-4H3;8-13H,1-7H2. The fourth-order valence-electron chi connectivity index (χ4n) is 9.03. The SMILES string of the molecule is C[Si](C)(CCC1CCC2OC2C1)O[Si](C)(C)CCC1CCC2OC2C1.O=C(OCC1CCC2OC2C1)C1CCC2OC2C1. The molecule has 7 nitrogen and oxygen atoms in total. The number of rotatable bonds is 11. The first kappa shape index (κ1) is 31.3. The Morgan fingerprint density at radius 3 is 1.44 bits per heavy atom. The van der Waals surface area contributed by atoms with E-state index in [2.05, 4.69) is 26.2 Å². The molecule has 244 valence electrons. The van der Waals surface area contributed by atoms with E-state index in [0.29, 0.717) is 61.4 Å². The maximum absolute atomic E-state index is 12.0. The molecule has 43 heavy (non-hydrogen) atoms. The molecule has 0 aromatic heterocycles. The molecule has 9 heteroatoms. The van der Waals surface area contributed by atoms with Gasteiger partial charge in [-0.25, -0.2) is 0 Å². The molecule has 8 aliphatic rings. The Labute approximate surface area is 262 Å².